The van der Waals surface area contributed by atoms with Gasteiger partial charge >= 0.3 is 5.97 Å². The van der Waals surface area contributed by atoms with Crippen molar-refractivity contribution in [1.82, 2.24) is 0 Å². The first-order valence-electron chi connectivity index (χ1n) is 4.47. The Balaban J connectivity index is 4.25. The van der Waals surface area contributed by atoms with Crippen LogP contribution in [0.4, 0.5) is 0 Å². The average molecular weight is 196 g/mol. The Hall–Kier alpha value is -1.30. The standard InChI is InChI=1S/C11H16O3/c1-5-11(2,3)9(8-12)6-7-10(13)14-4/h1,8-9H,6-7H2,2-4H3/t9-/m1/s1. The molecular formula is C11H16O3. The van der Waals surface area contributed by atoms with Crippen LogP contribution in [-0.4, -0.2) is 19.4 Å². The molecule has 0 saturated heterocycles. The van der Waals surface area contributed by atoms with E-state index in [2.05, 4.69) is 10.7 Å². The minimum Gasteiger partial charge on any atom is -0.469 e. The molecule has 0 saturated carbocycles. The predicted molar refractivity (Wildman–Crippen MR) is 53.4 cm³/mol. The Morgan fingerprint density at radius 3 is 2.57 bits per heavy atom. The summed E-state index contributed by atoms with van der Waals surface area (Å²) in [5.74, 6) is 1.94. The van der Waals surface area contributed by atoms with Gasteiger partial charge in [0.1, 0.15) is 6.29 Å². The van der Waals surface area contributed by atoms with Crippen LogP contribution in [0.5, 0.6) is 0 Å². The molecule has 0 bridgehead atoms. The van der Waals surface area contributed by atoms with E-state index in [0.29, 0.717) is 6.42 Å². The van der Waals surface area contributed by atoms with Crippen molar-refractivity contribution in [3.8, 4) is 12.3 Å². The molecule has 0 aliphatic carbocycles. The van der Waals surface area contributed by atoms with E-state index in [-0.39, 0.29) is 18.3 Å². The minimum atomic E-state index is -0.504. The molecule has 3 nitrogen and oxygen atoms in total. The van der Waals surface area contributed by atoms with Gasteiger partial charge in [-0.05, 0) is 20.3 Å². The summed E-state index contributed by atoms with van der Waals surface area (Å²) >= 11 is 0. The van der Waals surface area contributed by atoms with Gasteiger partial charge in [-0.1, -0.05) is 5.92 Å². The third-order valence-corrected chi connectivity index (χ3v) is 2.35. The van der Waals surface area contributed by atoms with Crippen LogP contribution in [0.2, 0.25) is 0 Å². The zero-order valence-corrected chi connectivity index (χ0v) is 8.87. The molecule has 0 rings (SSSR count). The van der Waals surface area contributed by atoms with Crippen LogP contribution in [0.1, 0.15) is 26.7 Å². The van der Waals surface area contributed by atoms with Gasteiger partial charge < -0.3 is 9.53 Å². The molecule has 78 valence electrons. The van der Waals surface area contributed by atoms with Gasteiger partial charge in [-0.2, -0.15) is 0 Å². The van der Waals surface area contributed by atoms with Gasteiger partial charge in [-0.25, -0.2) is 0 Å². The van der Waals surface area contributed by atoms with Crippen LogP contribution >= 0.6 is 0 Å². The van der Waals surface area contributed by atoms with E-state index in [0.717, 1.165) is 6.29 Å². The number of hydrogen-bond donors (Lipinski definition) is 0. The Morgan fingerprint density at radius 2 is 2.21 bits per heavy atom. The summed E-state index contributed by atoms with van der Waals surface area (Å²) in [5, 5.41) is 0. The van der Waals surface area contributed by atoms with Crippen LogP contribution in [0, 0.1) is 23.7 Å². The molecule has 1 atom stereocenters. The van der Waals surface area contributed by atoms with Gasteiger partial charge in [0.25, 0.3) is 0 Å². The summed E-state index contributed by atoms with van der Waals surface area (Å²) in [7, 11) is 1.32. The molecule has 0 radical (unpaired) electrons. The van der Waals surface area contributed by atoms with Crippen molar-refractivity contribution >= 4 is 12.3 Å². The van der Waals surface area contributed by atoms with Crippen LogP contribution < -0.4 is 0 Å². The molecule has 0 aliphatic heterocycles. The van der Waals surface area contributed by atoms with Crippen molar-refractivity contribution in [3.63, 3.8) is 0 Å². The highest BCUT2D eigenvalue weighted by Gasteiger charge is 2.27. The number of terminal acetylenes is 1. The summed E-state index contributed by atoms with van der Waals surface area (Å²) in [6, 6.07) is 0. The maximum absolute atomic E-state index is 10.9. The summed E-state index contributed by atoms with van der Waals surface area (Å²) in [6.45, 7) is 3.62. The molecule has 0 spiro atoms. The highest BCUT2D eigenvalue weighted by Crippen LogP contribution is 2.27. The molecule has 3 heteroatoms. The van der Waals surface area contributed by atoms with Crippen LogP contribution in [-0.2, 0) is 14.3 Å². The predicted octanol–water partition coefficient (Wildman–Crippen LogP) is 1.41. The fraction of sp³-hybridized carbons (Fsp3) is 0.636. The second kappa shape index (κ2) is 5.43. The van der Waals surface area contributed by atoms with Crippen molar-refractivity contribution in [3.05, 3.63) is 0 Å². The number of carbonyl (C=O) groups excluding carboxylic acids is 2. The van der Waals surface area contributed by atoms with Gasteiger partial charge in [0, 0.05) is 17.8 Å². The molecule has 0 amide bonds. The van der Waals surface area contributed by atoms with Crippen molar-refractivity contribution in [1.29, 1.82) is 0 Å². The maximum atomic E-state index is 10.9. The number of esters is 1. The lowest BCUT2D eigenvalue weighted by Crippen LogP contribution is -2.24. The fourth-order valence-corrected chi connectivity index (χ4v) is 1.08. The zero-order valence-electron chi connectivity index (χ0n) is 8.87. The van der Waals surface area contributed by atoms with Crippen molar-refractivity contribution in [2.75, 3.05) is 7.11 Å². The molecule has 0 aromatic heterocycles. The molecule has 0 fully saturated rings. The van der Waals surface area contributed by atoms with E-state index in [1.54, 1.807) is 0 Å². The van der Waals surface area contributed by atoms with E-state index in [4.69, 9.17) is 6.42 Å². The summed E-state index contributed by atoms with van der Waals surface area (Å²) in [5.41, 5.74) is -0.504. The first-order chi connectivity index (χ1) is 6.47. The number of carbonyl (C=O) groups is 2. The number of rotatable bonds is 5. The molecule has 0 N–H and O–H groups in total. The van der Waals surface area contributed by atoms with E-state index in [9.17, 15) is 9.59 Å². The molecule has 0 heterocycles. The van der Waals surface area contributed by atoms with Crippen molar-refractivity contribution < 1.29 is 14.3 Å². The Morgan fingerprint density at radius 1 is 1.64 bits per heavy atom. The van der Waals surface area contributed by atoms with Crippen LogP contribution in [0.3, 0.4) is 0 Å². The summed E-state index contributed by atoms with van der Waals surface area (Å²) < 4.78 is 4.48. The topological polar surface area (TPSA) is 43.4 Å². The van der Waals surface area contributed by atoms with Gasteiger partial charge in [0.2, 0.25) is 0 Å². The monoisotopic (exact) mass is 196 g/mol. The van der Waals surface area contributed by atoms with Crippen molar-refractivity contribution in [2.45, 2.75) is 26.7 Å². The van der Waals surface area contributed by atoms with Crippen LogP contribution in [0.15, 0.2) is 0 Å². The lowest BCUT2D eigenvalue weighted by atomic mass is 9.78. The molecular weight excluding hydrogens is 180 g/mol. The number of hydrogen-bond acceptors (Lipinski definition) is 3. The molecule has 0 unspecified atom stereocenters. The summed E-state index contributed by atoms with van der Waals surface area (Å²) in [4.78, 5) is 21.6. The van der Waals surface area contributed by atoms with Crippen molar-refractivity contribution in [2.24, 2.45) is 11.3 Å². The second-order valence-electron chi connectivity index (χ2n) is 3.72. The first-order valence-corrected chi connectivity index (χ1v) is 4.47. The van der Waals surface area contributed by atoms with Crippen LogP contribution in [0.25, 0.3) is 0 Å². The second-order valence-corrected chi connectivity index (χ2v) is 3.72. The third-order valence-electron chi connectivity index (χ3n) is 2.35. The molecule has 0 aliphatic rings. The lowest BCUT2D eigenvalue weighted by molar-refractivity contribution is -0.141. The Kier molecular flexibility index (Phi) is 4.93. The quantitative estimate of drug-likeness (QED) is 0.379. The smallest absolute Gasteiger partial charge is 0.305 e. The normalized spacial score (nSPS) is 12.7. The number of ether oxygens (including phenoxy) is 1. The van der Waals surface area contributed by atoms with Gasteiger partial charge in [0.05, 0.1) is 7.11 Å². The number of aldehydes is 1. The first kappa shape index (κ1) is 12.7. The summed E-state index contributed by atoms with van der Waals surface area (Å²) in [6.07, 6.45) is 6.77. The maximum Gasteiger partial charge on any atom is 0.305 e. The number of methoxy groups -OCH3 is 1. The highest BCUT2D eigenvalue weighted by molar-refractivity contribution is 5.70. The molecule has 14 heavy (non-hydrogen) atoms. The van der Waals surface area contributed by atoms with E-state index < -0.39 is 5.41 Å². The Labute approximate surface area is 84.8 Å². The lowest BCUT2D eigenvalue weighted by Gasteiger charge is -2.24. The molecule has 0 aromatic carbocycles. The Bertz CT molecular complexity index is 248. The van der Waals surface area contributed by atoms with E-state index >= 15 is 0 Å². The van der Waals surface area contributed by atoms with Gasteiger partial charge in [-0.15, -0.1) is 6.42 Å². The fourth-order valence-electron chi connectivity index (χ4n) is 1.08. The van der Waals surface area contributed by atoms with Gasteiger partial charge in [0.15, 0.2) is 0 Å². The SMILES string of the molecule is C#CC(C)(C)[C@@H](C=O)CCC(=O)OC. The zero-order chi connectivity index (χ0) is 11.2. The molecule has 0 aromatic rings. The van der Waals surface area contributed by atoms with E-state index in [1.165, 1.54) is 7.11 Å². The average Bonchev–Trinajstić information content (AvgIpc) is 2.18. The van der Waals surface area contributed by atoms with Gasteiger partial charge in [-0.3, -0.25) is 4.79 Å². The largest absolute Gasteiger partial charge is 0.469 e. The highest BCUT2D eigenvalue weighted by atomic mass is 16.5. The third kappa shape index (κ3) is 3.61. The van der Waals surface area contributed by atoms with E-state index in [1.807, 2.05) is 13.8 Å². The minimum absolute atomic E-state index is 0.227.